The van der Waals surface area contributed by atoms with Crippen LogP contribution in [0.3, 0.4) is 0 Å². The molecule has 0 aliphatic carbocycles. The first-order valence-electron chi connectivity index (χ1n) is 8.66. The number of methoxy groups -OCH3 is 2. The van der Waals surface area contributed by atoms with Crippen LogP contribution in [0.4, 0.5) is 5.13 Å². The topological polar surface area (TPSA) is 48.3 Å². The quantitative estimate of drug-likeness (QED) is 0.519. The van der Waals surface area contributed by atoms with Crippen molar-refractivity contribution in [2.75, 3.05) is 26.6 Å². The molecule has 2 heterocycles. The third-order valence-electron chi connectivity index (χ3n) is 4.58. The van der Waals surface area contributed by atoms with Gasteiger partial charge >= 0.3 is 0 Å². The highest BCUT2D eigenvalue weighted by atomic mass is 32.1. The highest BCUT2D eigenvalue weighted by Crippen LogP contribution is 2.39. The maximum absolute atomic E-state index is 5.52. The zero-order valence-corrected chi connectivity index (χ0v) is 16.3. The van der Waals surface area contributed by atoms with Gasteiger partial charge in [-0.3, -0.25) is 0 Å². The van der Waals surface area contributed by atoms with Gasteiger partial charge in [0.05, 0.1) is 25.4 Å². The lowest BCUT2D eigenvalue weighted by molar-refractivity contribution is 0.355. The number of thiazole rings is 1. The molecule has 0 atom stereocenters. The van der Waals surface area contributed by atoms with Crippen LogP contribution in [0, 0.1) is 0 Å². The molecule has 0 radical (unpaired) electrons. The van der Waals surface area contributed by atoms with Crippen molar-refractivity contribution in [2.24, 2.45) is 0 Å². The number of hydrogen-bond donors (Lipinski definition) is 1. The van der Waals surface area contributed by atoms with Gasteiger partial charge in [0.2, 0.25) is 0 Å². The smallest absolute Gasteiger partial charge is 0.182 e. The maximum Gasteiger partial charge on any atom is 0.182 e. The molecule has 0 aliphatic rings. The number of hydrogen-bond acceptors (Lipinski definition) is 5. The van der Waals surface area contributed by atoms with Crippen LogP contribution in [0.1, 0.15) is 5.56 Å². The molecule has 0 saturated carbocycles. The Morgan fingerprint density at radius 3 is 2.48 bits per heavy atom. The number of ether oxygens (including phenoxy) is 2. The van der Waals surface area contributed by atoms with Gasteiger partial charge in [0.15, 0.2) is 16.6 Å². The number of nitrogens with zero attached hydrogens (tertiary/aromatic N) is 2. The van der Waals surface area contributed by atoms with Crippen molar-refractivity contribution >= 4 is 27.4 Å². The van der Waals surface area contributed by atoms with Gasteiger partial charge in [-0.05, 0) is 11.6 Å². The molecule has 0 fully saturated rings. The van der Waals surface area contributed by atoms with E-state index < -0.39 is 0 Å². The molecule has 4 rings (SSSR count). The normalized spacial score (nSPS) is 10.9. The van der Waals surface area contributed by atoms with Gasteiger partial charge in [-0.2, -0.15) is 0 Å². The molecule has 4 aromatic rings. The highest BCUT2D eigenvalue weighted by molar-refractivity contribution is 7.14. The molecule has 27 heavy (non-hydrogen) atoms. The average Bonchev–Trinajstić information content (AvgIpc) is 3.32. The molecular formula is C21H21N3O2S. The Balaban J connectivity index is 1.91. The summed E-state index contributed by atoms with van der Waals surface area (Å²) >= 11 is 1.60. The van der Waals surface area contributed by atoms with Gasteiger partial charge in [0, 0.05) is 42.2 Å². The highest BCUT2D eigenvalue weighted by Gasteiger charge is 2.17. The van der Waals surface area contributed by atoms with Crippen molar-refractivity contribution in [3.05, 3.63) is 59.6 Å². The molecule has 6 heteroatoms. The molecular weight excluding hydrogens is 358 g/mol. The summed E-state index contributed by atoms with van der Waals surface area (Å²) in [6.45, 7) is 0.774. The molecule has 138 valence electrons. The minimum atomic E-state index is 0.716. The summed E-state index contributed by atoms with van der Waals surface area (Å²) in [5, 5.41) is 7.17. The van der Waals surface area contributed by atoms with Gasteiger partial charge in [0.1, 0.15) is 0 Å². The second-order valence-corrected chi connectivity index (χ2v) is 7.03. The molecule has 0 amide bonds. The molecule has 0 unspecified atom stereocenters. The van der Waals surface area contributed by atoms with Crippen LogP contribution in [0.5, 0.6) is 11.5 Å². The molecule has 2 aromatic carbocycles. The molecule has 2 aromatic heterocycles. The lowest BCUT2D eigenvalue weighted by Gasteiger charge is -2.10. The second kappa shape index (κ2) is 7.32. The number of nitrogens with one attached hydrogen (secondary N) is 1. The number of rotatable bonds is 6. The van der Waals surface area contributed by atoms with Crippen molar-refractivity contribution in [1.29, 1.82) is 0 Å². The Morgan fingerprint density at radius 2 is 1.81 bits per heavy atom. The van der Waals surface area contributed by atoms with Gasteiger partial charge < -0.3 is 19.4 Å². The third-order valence-corrected chi connectivity index (χ3v) is 5.44. The summed E-state index contributed by atoms with van der Waals surface area (Å²) in [5.74, 6) is 1.44. The van der Waals surface area contributed by atoms with Crippen molar-refractivity contribution in [2.45, 2.75) is 6.54 Å². The zero-order chi connectivity index (χ0) is 18.8. The summed E-state index contributed by atoms with van der Waals surface area (Å²) in [6.07, 6.45) is 2.16. The first-order valence-corrected chi connectivity index (χ1v) is 9.54. The van der Waals surface area contributed by atoms with E-state index in [1.807, 2.05) is 25.2 Å². The molecule has 0 saturated heterocycles. The van der Waals surface area contributed by atoms with Crippen LogP contribution < -0.4 is 14.8 Å². The van der Waals surface area contributed by atoms with E-state index in [-0.39, 0.29) is 0 Å². The van der Waals surface area contributed by atoms with Crippen molar-refractivity contribution < 1.29 is 9.47 Å². The van der Waals surface area contributed by atoms with Crippen LogP contribution >= 0.6 is 11.3 Å². The maximum atomic E-state index is 5.52. The molecule has 0 aliphatic heterocycles. The summed E-state index contributed by atoms with van der Waals surface area (Å²) in [7, 11) is 5.20. The first-order chi connectivity index (χ1) is 13.2. The van der Waals surface area contributed by atoms with E-state index in [0.717, 1.165) is 39.6 Å². The SMILES string of the molecule is CNc1nc(-c2cn(Cc3ccccc3)c3cc(OC)c(OC)cc23)cs1. The van der Waals surface area contributed by atoms with E-state index in [1.54, 1.807) is 25.6 Å². The monoisotopic (exact) mass is 379 g/mol. The van der Waals surface area contributed by atoms with E-state index in [0.29, 0.717) is 5.75 Å². The van der Waals surface area contributed by atoms with Gasteiger partial charge in [0.25, 0.3) is 0 Å². The summed E-state index contributed by atoms with van der Waals surface area (Å²) in [6, 6.07) is 14.5. The Morgan fingerprint density at radius 1 is 1.07 bits per heavy atom. The fourth-order valence-corrected chi connectivity index (χ4v) is 3.92. The minimum Gasteiger partial charge on any atom is -0.493 e. The van der Waals surface area contributed by atoms with Crippen LogP contribution in [-0.2, 0) is 6.54 Å². The van der Waals surface area contributed by atoms with Crippen LogP contribution in [0.2, 0.25) is 0 Å². The van der Waals surface area contributed by atoms with E-state index >= 15 is 0 Å². The Kier molecular flexibility index (Phi) is 4.73. The predicted molar refractivity (Wildman–Crippen MR) is 111 cm³/mol. The number of fused-ring (bicyclic) bond motifs is 1. The Bertz CT molecular complexity index is 1070. The van der Waals surface area contributed by atoms with Crippen molar-refractivity contribution in [3.63, 3.8) is 0 Å². The third kappa shape index (κ3) is 3.24. The van der Waals surface area contributed by atoms with Crippen LogP contribution in [-0.4, -0.2) is 30.8 Å². The van der Waals surface area contributed by atoms with Crippen molar-refractivity contribution in [3.8, 4) is 22.8 Å². The number of benzene rings is 2. The summed E-state index contributed by atoms with van der Waals surface area (Å²) < 4.78 is 13.3. The van der Waals surface area contributed by atoms with Crippen LogP contribution in [0.15, 0.2) is 54.0 Å². The Labute approximate surface area is 162 Å². The fourth-order valence-electron chi connectivity index (χ4n) is 3.24. The summed E-state index contributed by atoms with van der Waals surface area (Å²) in [5.41, 5.74) is 4.36. The van der Waals surface area contributed by atoms with E-state index in [2.05, 4.69) is 50.7 Å². The van der Waals surface area contributed by atoms with E-state index in [4.69, 9.17) is 9.47 Å². The minimum absolute atomic E-state index is 0.716. The molecule has 0 spiro atoms. The average molecular weight is 379 g/mol. The summed E-state index contributed by atoms with van der Waals surface area (Å²) in [4.78, 5) is 4.69. The lowest BCUT2D eigenvalue weighted by atomic mass is 10.1. The van der Waals surface area contributed by atoms with E-state index in [9.17, 15) is 0 Å². The predicted octanol–water partition coefficient (Wildman–Crippen LogP) is 4.87. The molecule has 5 nitrogen and oxygen atoms in total. The second-order valence-electron chi connectivity index (χ2n) is 6.17. The van der Waals surface area contributed by atoms with Gasteiger partial charge in [-0.15, -0.1) is 11.3 Å². The van der Waals surface area contributed by atoms with Crippen LogP contribution in [0.25, 0.3) is 22.2 Å². The largest absolute Gasteiger partial charge is 0.493 e. The standard InChI is InChI=1S/C21H21N3O2S/c1-22-21-23-17(13-27-21)16-12-24(11-14-7-5-4-6-8-14)18-10-20(26-3)19(25-2)9-15(16)18/h4-10,12-13H,11H2,1-3H3,(H,22,23). The fraction of sp³-hybridized carbons (Fsp3) is 0.190. The number of aromatic nitrogens is 2. The van der Waals surface area contributed by atoms with Crippen molar-refractivity contribution in [1.82, 2.24) is 9.55 Å². The Hall–Kier alpha value is -2.99. The van der Waals surface area contributed by atoms with Gasteiger partial charge in [-0.1, -0.05) is 30.3 Å². The molecule has 0 bridgehead atoms. The first kappa shape index (κ1) is 17.4. The zero-order valence-electron chi connectivity index (χ0n) is 15.5. The number of anilines is 1. The van der Waals surface area contributed by atoms with Gasteiger partial charge in [-0.25, -0.2) is 4.98 Å². The molecule has 1 N–H and O–H groups in total. The lowest BCUT2D eigenvalue weighted by Crippen LogP contribution is -1.98. The van der Waals surface area contributed by atoms with E-state index in [1.165, 1.54) is 5.56 Å².